The molecule has 0 aliphatic carbocycles. The molecule has 43 heavy (non-hydrogen) atoms. The van der Waals surface area contributed by atoms with Gasteiger partial charge in [0, 0.05) is 6.07 Å². The van der Waals surface area contributed by atoms with E-state index in [0.29, 0.717) is 83.3 Å². The Morgan fingerprint density at radius 1 is 0.558 bits per heavy atom. The molecular formula is C33H52N3O7+. The molecular weight excluding hydrogens is 550 g/mol. The lowest BCUT2D eigenvalue weighted by atomic mass is 10.1. The molecule has 1 heterocycles. The number of nitrogens with zero attached hydrogens (tertiary/aromatic N) is 3. The van der Waals surface area contributed by atoms with Crippen molar-refractivity contribution in [2.75, 3.05) is 100 Å². The van der Waals surface area contributed by atoms with Gasteiger partial charge in [-0.15, -0.1) is 0 Å². The lowest BCUT2D eigenvalue weighted by Crippen LogP contribution is -2.35. The average Bonchev–Trinajstić information content (AvgIpc) is 2.99. The maximum atomic E-state index is 5.96. The van der Waals surface area contributed by atoms with E-state index >= 15 is 0 Å². The number of hydrogen-bond acceptors (Lipinski definition) is 9. The van der Waals surface area contributed by atoms with Crippen LogP contribution in [0.4, 0.5) is 11.4 Å². The van der Waals surface area contributed by atoms with Crippen molar-refractivity contribution in [2.24, 2.45) is 10.2 Å². The van der Waals surface area contributed by atoms with E-state index in [-0.39, 0.29) is 0 Å². The molecule has 2 aromatic rings. The Bertz CT molecular complexity index is 1030. The van der Waals surface area contributed by atoms with Gasteiger partial charge < -0.3 is 37.6 Å². The van der Waals surface area contributed by atoms with E-state index < -0.39 is 0 Å². The van der Waals surface area contributed by atoms with Crippen LogP contribution in [-0.4, -0.2) is 105 Å². The minimum absolute atomic E-state index is 0.370. The van der Waals surface area contributed by atoms with Gasteiger partial charge in [-0.1, -0.05) is 19.3 Å². The zero-order valence-corrected chi connectivity index (χ0v) is 26.5. The standard InChI is InChI=1S/C33H52N3O7/c1-36(2,3)16-8-6-4-5-7-9-17-41-31-13-10-29(11-14-31)34-35-30-12-15-32-33(28-30)43-27-25-40-23-21-38-19-18-37-20-22-39-24-26-42-32/h10-15,28H,4-9,16-27H2,1-3H3/q+1. The normalized spacial score (nSPS) is 16.4. The second-order valence-electron chi connectivity index (χ2n) is 11.5. The summed E-state index contributed by atoms with van der Waals surface area (Å²) in [6, 6.07) is 13.2. The first-order valence-electron chi connectivity index (χ1n) is 15.7. The van der Waals surface area contributed by atoms with Gasteiger partial charge in [0.25, 0.3) is 0 Å². The molecule has 3 rings (SSSR count). The van der Waals surface area contributed by atoms with Gasteiger partial charge in [0.1, 0.15) is 19.0 Å². The maximum absolute atomic E-state index is 5.96. The largest absolute Gasteiger partial charge is 0.494 e. The molecule has 2 aromatic carbocycles. The van der Waals surface area contributed by atoms with Gasteiger partial charge in [-0.3, -0.25) is 0 Å². The molecule has 0 aromatic heterocycles. The van der Waals surface area contributed by atoms with Crippen molar-refractivity contribution >= 4 is 11.4 Å². The van der Waals surface area contributed by atoms with Crippen molar-refractivity contribution in [1.29, 1.82) is 0 Å². The molecule has 0 unspecified atom stereocenters. The van der Waals surface area contributed by atoms with E-state index in [2.05, 4.69) is 31.4 Å². The van der Waals surface area contributed by atoms with Crippen molar-refractivity contribution in [3.63, 3.8) is 0 Å². The fraction of sp³-hybridized carbons (Fsp3) is 0.636. The van der Waals surface area contributed by atoms with Gasteiger partial charge in [-0.05, 0) is 55.7 Å². The molecule has 0 N–H and O–H groups in total. The number of unbranched alkanes of at least 4 members (excludes halogenated alkanes) is 5. The zero-order valence-electron chi connectivity index (χ0n) is 26.5. The summed E-state index contributed by atoms with van der Waals surface area (Å²) in [5.41, 5.74) is 1.40. The molecule has 10 heteroatoms. The van der Waals surface area contributed by atoms with Gasteiger partial charge in [0.2, 0.25) is 0 Å². The van der Waals surface area contributed by atoms with Crippen LogP contribution in [0.2, 0.25) is 0 Å². The highest BCUT2D eigenvalue weighted by atomic mass is 16.6. The maximum Gasteiger partial charge on any atom is 0.163 e. The minimum Gasteiger partial charge on any atom is -0.494 e. The van der Waals surface area contributed by atoms with E-state index in [4.69, 9.17) is 33.2 Å². The van der Waals surface area contributed by atoms with Crippen LogP contribution >= 0.6 is 0 Å². The van der Waals surface area contributed by atoms with Crippen molar-refractivity contribution in [3.8, 4) is 17.2 Å². The molecule has 0 amide bonds. The van der Waals surface area contributed by atoms with E-state index in [9.17, 15) is 0 Å². The number of fused-ring (bicyclic) bond motifs is 1. The second-order valence-corrected chi connectivity index (χ2v) is 11.5. The summed E-state index contributed by atoms with van der Waals surface area (Å²) in [6.45, 7) is 6.70. The Balaban J connectivity index is 1.42. The molecule has 0 saturated carbocycles. The minimum atomic E-state index is 0.370. The summed E-state index contributed by atoms with van der Waals surface area (Å²) in [6.07, 6.45) is 7.47. The Morgan fingerprint density at radius 3 is 1.65 bits per heavy atom. The van der Waals surface area contributed by atoms with Crippen LogP contribution in [0.25, 0.3) is 0 Å². The number of azo groups is 1. The van der Waals surface area contributed by atoms with Crippen LogP contribution in [0.15, 0.2) is 52.7 Å². The van der Waals surface area contributed by atoms with E-state index in [1.54, 1.807) is 0 Å². The number of rotatable bonds is 12. The Morgan fingerprint density at radius 2 is 1.05 bits per heavy atom. The van der Waals surface area contributed by atoms with Crippen LogP contribution in [0.1, 0.15) is 38.5 Å². The highest BCUT2D eigenvalue weighted by Gasteiger charge is 2.09. The summed E-state index contributed by atoms with van der Waals surface area (Å²) in [5, 5.41) is 8.79. The molecule has 0 atom stereocenters. The van der Waals surface area contributed by atoms with Crippen molar-refractivity contribution in [1.82, 2.24) is 0 Å². The zero-order chi connectivity index (χ0) is 30.4. The molecule has 1 aliphatic heterocycles. The van der Waals surface area contributed by atoms with Crippen LogP contribution in [0, 0.1) is 0 Å². The molecule has 240 valence electrons. The Kier molecular flexibility index (Phi) is 17.0. The summed E-state index contributed by atoms with van der Waals surface area (Å²) in [5.74, 6) is 2.04. The predicted molar refractivity (Wildman–Crippen MR) is 167 cm³/mol. The smallest absolute Gasteiger partial charge is 0.163 e. The van der Waals surface area contributed by atoms with Gasteiger partial charge in [0.15, 0.2) is 11.5 Å². The Labute approximate surface area is 257 Å². The average molecular weight is 603 g/mol. The number of ether oxygens (including phenoxy) is 7. The highest BCUT2D eigenvalue weighted by molar-refractivity contribution is 5.52. The van der Waals surface area contributed by atoms with Gasteiger partial charge in [-0.2, -0.15) is 10.2 Å². The van der Waals surface area contributed by atoms with Crippen molar-refractivity contribution < 1.29 is 37.6 Å². The first-order chi connectivity index (χ1) is 21.0. The number of hydrogen-bond donors (Lipinski definition) is 0. The van der Waals surface area contributed by atoms with Crippen molar-refractivity contribution in [3.05, 3.63) is 42.5 Å². The molecule has 0 bridgehead atoms. The van der Waals surface area contributed by atoms with Crippen molar-refractivity contribution in [2.45, 2.75) is 38.5 Å². The van der Waals surface area contributed by atoms with Gasteiger partial charge in [-0.25, -0.2) is 0 Å². The lowest BCUT2D eigenvalue weighted by molar-refractivity contribution is -0.870. The Hall–Kier alpha value is -2.76. The molecule has 0 saturated heterocycles. The third kappa shape index (κ3) is 16.6. The van der Waals surface area contributed by atoms with Gasteiger partial charge in [0.05, 0.1) is 98.5 Å². The summed E-state index contributed by atoms with van der Waals surface area (Å²) >= 11 is 0. The first-order valence-corrected chi connectivity index (χ1v) is 15.7. The quantitative estimate of drug-likeness (QED) is 0.159. The number of benzene rings is 2. The number of quaternary nitrogens is 1. The third-order valence-electron chi connectivity index (χ3n) is 6.62. The topological polar surface area (TPSA) is 89.3 Å². The van der Waals surface area contributed by atoms with Gasteiger partial charge >= 0.3 is 0 Å². The fourth-order valence-corrected chi connectivity index (χ4v) is 4.28. The molecule has 1 aliphatic rings. The monoisotopic (exact) mass is 602 g/mol. The van der Waals surface area contributed by atoms with Crippen LogP contribution in [0.5, 0.6) is 17.2 Å². The SMILES string of the molecule is C[N+](C)(C)CCCCCCCCOc1ccc(N=Nc2ccc3c(c2)OCCOCCOCCOCCOCCO3)cc1. The lowest BCUT2D eigenvalue weighted by Gasteiger charge is -2.23. The summed E-state index contributed by atoms with van der Waals surface area (Å²) in [4.78, 5) is 0. The molecule has 0 fully saturated rings. The first kappa shape index (κ1) is 34.7. The molecule has 0 radical (unpaired) electrons. The molecule has 10 nitrogen and oxygen atoms in total. The highest BCUT2D eigenvalue weighted by Crippen LogP contribution is 2.33. The van der Waals surface area contributed by atoms with E-state index in [0.717, 1.165) is 28.9 Å². The fourth-order valence-electron chi connectivity index (χ4n) is 4.28. The third-order valence-corrected chi connectivity index (χ3v) is 6.62. The summed E-state index contributed by atoms with van der Waals surface area (Å²) in [7, 11) is 6.76. The van der Waals surface area contributed by atoms with E-state index in [1.807, 2.05) is 42.5 Å². The second kappa shape index (κ2) is 21.0. The van der Waals surface area contributed by atoms with Crippen LogP contribution in [0.3, 0.4) is 0 Å². The molecule has 0 spiro atoms. The summed E-state index contributed by atoms with van der Waals surface area (Å²) < 4.78 is 41.0. The predicted octanol–water partition coefficient (Wildman–Crippen LogP) is 6.37. The van der Waals surface area contributed by atoms with E-state index in [1.165, 1.54) is 38.6 Å². The van der Waals surface area contributed by atoms with Crippen LogP contribution in [-0.2, 0) is 18.9 Å². The van der Waals surface area contributed by atoms with Crippen LogP contribution < -0.4 is 14.2 Å².